The van der Waals surface area contributed by atoms with E-state index in [9.17, 15) is 4.79 Å². The normalized spacial score (nSPS) is 20.5. The van der Waals surface area contributed by atoms with Gasteiger partial charge in [-0.1, -0.05) is 18.2 Å². The molecule has 1 aromatic rings. The molecule has 0 bridgehead atoms. The third-order valence-corrected chi connectivity index (χ3v) is 4.95. The fraction of sp³-hybridized carbons (Fsp3) is 0.200. The van der Waals surface area contributed by atoms with E-state index >= 15 is 0 Å². The van der Waals surface area contributed by atoms with E-state index in [1.807, 2.05) is 42.5 Å². The molecule has 1 aromatic heterocycles. The van der Waals surface area contributed by atoms with Gasteiger partial charge >= 0.3 is 132 Å². The van der Waals surface area contributed by atoms with Gasteiger partial charge in [0, 0.05) is 0 Å². The molecule has 0 saturated heterocycles. The second-order valence-corrected chi connectivity index (χ2v) is 7.40. The van der Waals surface area contributed by atoms with Gasteiger partial charge in [-0.25, -0.2) is 0 Å². The Hall–Kier alpha value is -0.940. The summed E-state index contributed by atoms with van der Waals surface area (Å²) in [4.78, 5) is 16.1. The zero-order chi connectivity index (χ0) is 15.6. The molecule has 1 aliphatic carbocycles. The maximum absolute atomic E-state index is 12.1. The Morgan fingerprint density at radius 3 is 2.82 bits per heavy atom. The molecule has 0 aromatic carbocycles. The van der Waals surface area contributed by atoms with E-state index in [4.69, 9.17) is 7.80 Å². The molecule has 1 heterocycles. The van der Waals surface area contributed by atoms with Gasteiger partial charge in [0.05, 0.1) is 0 Å². The molecule has 1 aliphatic rings. The first-order valence-corrected chi connectivity index (χ1v) is 13.8. The number of allylic oxidation sites excluding steroid dienone is 8. The third kappa shape index (κ3) is 5.69. The zero-order valence-corrected chi connectivity index (χ0v) is 16.0. The topological polar surface area (TPSA) is 53.4 Å². The maximum atomic E-state index is 12.1. The van der Waals surface area contributed by atoms with Gasteiger partial charge in [0.1, 0.15) is 0 Å². The number of ether oxygens (including phenoxy) is 1. The number of rotatable bonds is 7. The van der Waals surface area contributed by atoms with E-state index in [0.717, 1.165) is 12.1 Å². The summed E-state index contributed by atoms with van der Waals surface area (Å²) in [6.07, 6.45) is 15.7. The average molecular weight is 525 g/mol. The number of hydrogen-bond acceptors (Lipinski definition) is 4. The van der Waals surface area contributed by atoms with Gasteiger partial charge in [0.2, 0.25) is 0 Å². The first-order valence-electron chi connectivity index (χ1n) is 6.63. The van der Waals surface area contributed by atoms with E-state index in [1.165, 1.54) is 4.57 Å². The van der Waals surface area contributed by atoms with Crippen molar-refractivity contribution in [2.45, 2.75) is 6.42 Å². The molecule has 0 aliphatic heterocycles. The van der Waals surface area contributed by atoms with Crippen LogP contribution in [0.15, 0.2) is 59.6 Å². The molecule has 7 heteroatoms. The predicted molar refractivity (Wildman–Crippen MR) is 90.3 cm³/mol. The summed E-state index contributed by atoms with van der Waals surface area (Å²) >= 11 is 2.09. The number of hydrogen-bond donors (Lipinski definition) is 0. The second kappa shape index (κ2) is 9.95. The molecule has 5 nitrogen and oxygen atoms in total. The molecule has 0 atom stereocenters. The van der Waals surface area contributed by atoms with Crippen LogP contribution in [0.4, 0.5) is 0 Å². The molecular formula is C15H15I2N2O3-. The van der Waals surface area contributed by atoms with Crippen molar-refractivity contribution in [1.29, 1.82) is 0 Å². The summed E-state index contributed by atoms with van der Waals surface area (Å²) in [5.41, 5.74) is 0.393. The van der Waals surface area contributed by atoms with Gasteiger partial charge in [-0.15, -0.1) is 0 Å². The van der Waals surface area contributed by atoms with E-state index in [0.29, 0.717) is 19.1 Å². The van der Waals surface area contributed by atoms with Crippen LogP contribution in [0.3, 0.4) is 0 Å². The monoisotopic (exact) mass is 525 g/mol. The van der Waals surface area contributed by atoms with Crippen LogP contribution in [0.25, 0.3) is 5.70 Å². The summed E-state index contributed by atoms with van der Waals surface area (Å²) in [5, 5.41) is 0. The number of aromatic nitrogens is 2. The molecule has 22 heavy (non-hydrogen) atoms. The van der Waals surface area contributed by atoms with Gasteiger partial charge in [-0.3, -0.25) is 0 Å². The first-order chi connectivity index (χ1) is 10.8. The minimum absolute atomic E-state index is 0.165. The van der Waals surface area contributed by atoms with Crippen molar-refractivity contribution in [2.75, 3.05) is 13.2 Å². The number of nitrogens with zero attached hydrogens (tertiary/aromatic N) is 2. The summed E-state index contributed by atoms with van der Waals surface area (Å²) in [6.45, 7) is 1.18. The molecule has 0 radical (unpaired) electrons. The van der Waals surface area contributed by atoms with Crippen molar-refractivity contribution in [3.63, 3.8) is 0 Å². The van der Waals surface area contributed by atoms with Gasteiger partial charge in [-0.05, 0) is 0 Å². The van der Waals surface area contributed by atoms with Crippen LogP contribution < -0.4 is 28.1 Å². The minimum atomic E-state index is -0.360. The Morgan fingerprint density at radius 1 is 1.18 bits per heavy atom. The van der Waals surface area contributed by atoms with Crippen LogP contribution in [0, 0.1) is 0 Å². The van der Waals surface area contributed by atoms with Crippen LogP contribution in [0.5, 0.6) is 5.88 Å². The van der Waals surface area contributed by atoms with Gasteiger partial charge in [0.25, 0.3) is 0 Å². The van der Waals surface area contributed by atoms with E-state index < -0.39 is 0 Å². The number of halogens is 2. The predicted octanol–water partition coefficient (Wildman–Crippen LogP) is -0.0941. The Labute approximate surface area is 149 Å². The Bertz CT molecular complexity index is 663. The summed E-state index contributed by atoms with van der Waals surface area (Å²) < 4.78 is 12.3. The molecule has 0 amide bonds. The molecular weight excluding hydrogens is 510 g/mol. The van der Waals surface area contributed by atoms with Gasteiger partial charge in [-0.2, -0.15) is 0 Å². The SMILES string of the molecule is O=c1nc(OCCCO[I-]I)ccn1C1=C/C=C\C=C/C=C\1. The average Bonchev–Trinajstić information content (AvgIpc) is 2.48. The molecule has 2 rings (SSSR count). The van der Waals surface area contributed by atoms with E-state index in [2.05, 4.69) is 23.6 Å². The summed E-state index contributed by atoms with van der Waals surface area (Å²) in [5.74, 6) is 0.344. The quantitative estimate of drug-likeness (QED) is 0.369. The Balaban J connectivity index is 2.02. The Kier molecular flexibility index (Phi) is 7.88. The van der Waals surface area contributed by atoms with Crippen LogP contribution in [-0.4, -0.2) is 22.8 Å². The molecule has 0 unspecified atom stereocenters. The molecule has 0 fully saturated rings. The van der Waals surface area contributed by atoms with Gasteiger partial charge < -0.3 is 0 Å². The van der Waals surface area contributed by atoms with Crippen molar-refractivity contribution < 1.29 is 25.4 Å². The molecule has 118 valence electrons. The fourth-order valence-corrected chi connectivity index (χ4v) is 3.30. The zero-order valence-electron chi connectivity index (χ0n) is 11.7. The van der Waals surface area contributed by atoms with Crippen LogP contribution in [0.1, 0.15) is 6.42 Å². The Morgan fingerprint density at radius 2 is 2.00 bits per heavy atom. The fourth-order valence-electron chi connectivity index (χ4n) is 1.70. The van der Waals surface area contributed by atoms with Crippen molar-refractivity contribution in [3.8, 4) is 5.88 Å². The summed E-state index contributed by atoms with van der Waals surface area (Å²) in [7, 11) is 0. The van der Waals surface area contributed by atoms with Crippen molar-refractivity contribution in [1.82, 2.24) is 9.55 Å². The van der Waals surface area contributed by atoms with Crippen molar-refractivity contribution in [2.24, 2.45) is 0 Å². The molecule has 0 saturated carbocycles. The van der Waals surface area contributed by atoms with Crippen LogP contribution in [0.2, 0.25) is 0 Å². The van der Waals surface area contributed by atoms with E-state index in [1.54, 1.807) is 12.3 Å². The second-order valence-electron chi connectivity index (χ2n) is 4.21. The summed E-state index contributed by atoms with van der Waals surface area (Å²) in [6, 6.07) is 1.69. The van der Waals surface area contributed by atoms with E-state index in [-0.39, 0.29) is 23.3 Å². The molecule has 0 spiro atoms. The van der Waals surface area contributed by atoms with Crippen LogP contribution >= 0.6 is 18.6 Å². The third-order valence-electron chi connectivity index (χ3n) is 2.69. The van der Waals surface area contributed by atoms with Crippen molar-refractivity contribution >= 4 is 24.3 Å². The van der Waals surface area contributed by atoms with Gasteiger partial charge in [0.15, 0.2) is 0 Å². The standard InChI is InChI=1S/C15H15I2N2O3/c16-17-22-12-6-11-21-14-9-10-19(15(20)18-14)13-7-4-2-1-3-5-8-13/h1-5,7-10H,6,11-12H2/q-1/b2-1-,3-1?,4-2?,5-3-,7-4-,8-5?,13-7?,13-8+. The van der Waals surface area contributed by atoms with Crippen LogP contribution in [-0.2, 0) is 3.07 Å². The molecule has 0 N–H and O–H groups in total. The van der Waals surface area contributed by atoms with Crippen molar-refractivity contribution in [3.05, 3.63) is 65.3 Å². The first kappa shape index (κ1) is 17.4.